The number of amides is 1. The molecule has 1 amide bonds. The van der Waals surface area contributed by atoms with Crippen LogP contribution in [0.1, 0.15) is 38.7 Å². The molecule has 0 aliphatic heterocycles. The van der Waals surface area contributed by atoms with E-state index < -0.39 is 11.9 Å². The third-order valence-electron chi connectivity index (χ3n) is 3.29. The summed E-state index contributed by atoms with van der Waals surface area (Å²) in [7, 11) is 0. The number of nitrogens with zero attached hydrogens (tertiary/aromatic N) is 1. The van der Waals surface area contributed by atoms with E-state index >= 15 is 0 Å². The van der Waals surface area contributed by atoms with Crippen LogP contribution in [-0.4, -0.2) is 34.5 Å². The van der Waals surface area contributed by atoms with Gasteiger partial charge in [0.25, 0.3) is 0 Å². The molecule has 1 unspecified atom stereocenters. The molecule has 0 spiro atoms. The lowest BCUT2D eigenvalue weighted by atomic mass is 9.99. The molecule has 0 bridgehead atoms. The van der Waals surface area contributed by atoms with Crippen molar-refractivity contribution in [2.24, 2.45) is 0 Å². The number of hydrogen-bond donors (Lipinski definition) is 1. The fraction of sp³-hybridized carbons (Fsp3) is 0.467. The molecule has 1 aromatic rings. The van der Waals surface area contributed by atoms with Crippen molar-refractivity contribution in [1.29, 1.82) is 0 Å². The first-order valence-corrected chi connectivity index (χ1v) is 7.46. The minimum atomic E-state index is -0.921. The van der Waals surface area contributed by atoms with E-state index in [0.29, 0.717) is 10.0 Å². The van der Waals surface area contributed by atoms with Crippen LogP contribution in [0.15, 0.2) is 18.2 Å². The zero-order valence-electron chi connectivity index (χ0n) is 12.3. The van der Waals surface area contributed by atoms with Gasteiger partial charge < -0.3 is 10.0 Å². The predicted molar refractivity (Wildman–Crippen MR) is 84.0 cm³/mol. The highest BCUT2D eigenvalue weighted by Gasteiger charge is 2.24. The van der Waals surface area contributed by atoms with Gasteiger partial charge in [-0.05, 0) is 38.5 Å². The van der Waals surface area contributed by atoms with Crippen LogP contribution >= 0.6 is 23.2 Å². The van der Waals surface area contributed by atoms with Gasteiger partial charge in [0.1, 0.15) is 0 Å². The fourth-order valence-electron chi connectivity index (χ4n) is 2.01. The molecule has 1 rings (SSSR count). The maximum atomic E-state index is 12.6. The van der Waals surface area contributed by atoms with Gasteiger partial charge in [-0.2, -0.15) is 0 Å². The first kappa shape index (κ1) is 17.8. The second-order valence-electron chi connectivity index (χ2n) is 5.16. The summed E-state index contributed by atoms with van der Waals surface area (Å²) in [5.41, 5.74) is 0.760. The molecule has 1 atom stereocenters. The number of rotatable bonds is 6. The number of carbonyl (C=O) groups excluding carboxylic acids is 1. The number of carbonyl (C=O) groups is 2. The van der Waals surface area contributed by atoms with E-state index in [2.05, 4.69) is 0 Å². The molecule has 0 aliphatic rings. The number of carboxylic acid groups (broad SMARTS) is 1. The lowest BCUT2D eigenvalue weighted by molar-refractivity contribution is -0.139. The van der Waals surface area contributed by atoms with Gasteiger partial charge in [-0.1, -0.05) is 29.3 Å². The van der Waals surface area contributed by atoms with Crippen LogP contribution in [0.3, 0.4) is 0 Å². The lowest BCUT2D eigenvalue weighted by Crippen LogP contribution is -2.40. The van der Waals surface area contributed by atoms with E-state index in [1.807, 2.05) is 13.8 Å². The summed E-state index contributed by atoms with van der Waals surface area (Å²) in [6, 6.07) is 5.01. The van der Waals surface area contributed by atoms with E-state index in [4.69, 9.17) is 28.3 Å². The Bertz CT molecular complexity index is 532. The summed E-state index contributed by atoms with van der Waals surface area (Å²) < 4.78 is 0. The maximum absolute atomic E-state index is 12.6. The summed E-state index contributed by atoms with van der Waals surface area (Å²) in [4.78, 5) is 24.8. The largest absolute Gasteiger partial charge is 0.481 e. The fourth-order valence-corrected chi connectivity index (χ4v) is 2.32. The van der Waals surface area contributed by atoms with Crippen molar-refractivity contribution >= 4 is 35.1 Å². The van der Waals surface area contributed by atoms with Gasteiger partial charge in [0, 0.05) is 12.6 Å². The monoisotopic (exact) mass is 331 g/mol. The third kappa shape index (κ3) is 4.90. The Kier molecular flexibility index (Phi) is 6.49. The van der Waals surface area contributed by atoms with Gasteiger partial charge in [0.15, 0.2) is 0 Å². The summed E-state index contributed by atoms with van der Waals surface area (Å²) >= 11 is 11.8. The molecule has 0 radical (unpaired) electrons. The summed E-state index contributed by atoms with van der Waals surface area (Å²) in [6.45, 7) is 5.69. The summed E-state index contributed by atoms with van der Waals surface area (Å²) in [5, 5.41) is 9.61. The molecule has 0 fully saturated rings. The summed E-state index contributed by atoms with van der Waals surface area (Å²) in [6.07, 6.45) is -0.0714. The van der Waals surface area contributed by atoms with Gasteiger partial charge in [-0.25, -0.2) is 0 Å². The Morgan fingerprint density at radius 2 is 1.81 bits per heavy atom. The lowest BCUT2D eigenvalue weighted by Gasteiger charge is -2.29. The van der Waals surface area contributed by atoms with Crippen LogP contribution in [0.4, 0.5) is 0 Å². The van der Waals surface area contributed by atoms with E-state index in [-0.39, 0.29) is 24.9 Å². The highest BCUT2D eigenvalue weighted by Crippen LogP contribution is 2.27. The third-order valence-corrected chi connectivity index (χ3v) is 4.03. The minimum absolute atomic E-state index is 0.0675. The van der Waals surface area contributed by atoms with Crippen molar-refractivity contribution in [3.05, 3.63) is 33.8 Å². The second kappa shape index (κ2) is 7.66. The first-order chi connectivity index (χ1) is 9.73. The normalized spacial score (nSPS) is 12.3. The maximum Gasteiger partial charge on any atom is 0.305 e. The van der Waals surface area contributed by atoms with Gasteiger partial charge in [-0.15, -0.1) is 0 Å². The molecule has 0 saturated heterocycles. The molecule has 4 nitrogen and oxygen atoms in total. The van der Waals surface area contributed by atoms with Crippen molar-refractivity contribution in [3.8, 4) is 0 Å². The molecule has 21 heavy (non-hydrogen) atoms. The van der Waals surface area contributed by atoms with Crippen LogP contribution in [0.2, 0.25) is 10.0 Å². The Hall–Kier alpha value is -1.26. The number of hydrogen-bond acceptors (Lipinski definition) is 2. The summed E-state index contributed by atoms with van der Waals surface area (Å²) in [5.74, 6) is -1.45. The predicted octanol–water partition coefficient (Wildman–Crippen LogP) is 3.81. The molecule has 1 aromatic carbocycles. The van der Waals surface area contributed by atoms with Gasteiger partial charge >= 0.3 is 5.97 Å². The van der Waals surface area contributed by atoms with E-state index in [9.17, 15) is 9.59 Å². The Labute approximate surface area is 134 Å². The Morgan fingerprint density at radius 3 is 2.29 bits per heavy atom. The number of carboxylic acids is 1. The topological polar surface area (TPSA) is 57.6 Å². The highest BCUT2D eigenvalue weighted by molar-refractivity contribution is 6.42. The van der Waals surface area contributed by atoms with Crippen molar-refractivity contribution in [3.63, 3.8) is 0 Å². The average molecular weight is 332 g/mol. The van der Waals surface area contributed by atoms with Crippen molar-refractivity contribution in [2.45, 2.75) is 39.2 Å². The first-order valence-electron chi connectivity index (χ1n) is 6.71. The number of aliphatic carboxylic acids is 1. The zero-order valence-corrected chi connectivity index (χ0v) is 13.8. The van der Waals surface area contributed by atoms with E-state index in [1.54, 1.807) is 30.0 Å². The minimum Gasteiger partial charge on any atom is -0.481 e. The number of halogens is 2. The van der Waals surface area contributed by atoms with Crippen LogP contribution in [0.5, 0.6) is 0 Å². The molecule has 6 heteroatoms. The Balaban J connectivity index is 2.91. The van der Waals surface area contributed by atoms with E-state index in [0.717, 1.165) is 5.56 Å². The average Bonchev–Trinajstić information content (AvgIpc) is 2.40. The second-order valence-corrected chi connectivity index (χ2v) is 5.98. The zero-order chi connectivity index (χ0) is 16.2. The van der Waals surface area contributed by atoms with E-state index in [1.165, 1.54) is 0 Å². The van der Waals surface area contributed by atoms with Crippen molar-refractivity contribution < 1.29 is 14.7 Å². The Morgan fingerprint density at radius 1 is 1.19 bits per heavy atom. The molecule has 0 heterocycles. The molecule has 1 N–H and O–H groups in total. The number of benzene rings is 1. The van der Waals surface area contributed by atoms with Crippen LogP contribution in [0, 0.1) is 0 Å². The molecule has 0 aliphatic carbocycles. The van der Waals surface area contributed by atoms with Gasteiger partial charge in [0.2, 0.25) is 5.91 Å². The molecular weight excluding hydrogens is 313 g/mol. The molecule has 0 saturated carbocycles. The van der Waals surface area contributed by atoms with Crippen molar-refractivity contribution in [1.82, 2.24) is 4.90 Å². The smallest absolute Gasteiger partial charge is 0.305 e. The van der Waals surface area contributed by atoms with Crippen LogP contribution < -0.4 is 0 Å². The molecule has 116 valence electrons. The van der Waals surface area contributed by atoms with Crippen LogP contribution in [-0.2, 0) is 9.59 Å². The molecular formula is C15H19Cl2NO3. The molecule has 0 aromatic heterocycles. The van der Waals surface area contributed by atoms with Gasteiger partial charge in [0.05, 0.1) is 22.4 Å². The quantitative estimate of drug-likeness (QED) is 0.862. The van der Waals surface area contributed by atoms with Gasteiger partial charge in [-0.3, -0.25) is 9.59 Å². The van der Waals surface area contributed by atoms with Crippen LogP contribution in [0.25, 0.3) is 0 Å². The standard InChI is InChI=1S/C15H19Cl2NO3/c1-9(2)18(7-6-14(19)20)15(21)10(3)11-4-5-12(16)13(17)8-11/h4-5,8-10H,6-7H2,1-3H3,(H,19,20). The van der Waals surface area contributed by atoms with Crippen molar-refractivity contribution in [2.75, 3.05) is 6.54 Å². The SMILES string of the molecule is CC(C(=O)N(CCC(=O)O)C(C)C)c1ccc(Cl)c(Cl)c1. The highest BCUT2D eigenvalue weighted by atomic mass is 35.5.